The summed E-state index contributed by atoms with van der Waals surface area (Å²) in [6.45, 7) is 0.0369. The second kappa shape index (κ2) is 4.40. The van der Waals surface area contributed by atoms with E-state index in [4.69, 9.17) is 0 Å². The van der Waals surface area contributed by atoms with E-state index in [-0.39, 0.29) is 12.4 Å². The molecular weight excluding hydrogens is 238 g/mol. The number of aliphatic hydroxyl groups excluding tert-OH is 1. The largest absolute Gasteiger partial charge is 0.396 e. The highest BCUT2D eigenvalue weighted by atomic mass is 32.2. The zero-order chi connectivity index (χ0) is 12.5. The van der Waals surface area contributed by atoms with E-state index in [9.17, 15) is 13.5 Å². The Morgan fingerprint density at radius 3 is 2.76 bits per heavy atom. The van der Waals surface area contributed by atoms with Gasteiger partial charge in [-0.15, -0.1) is 0 Å². The minimum Gasteiger partial charge on any atom is -0.396 e. The lowest BCUT2D eigenvalue weighted by atomic mass is 9.84. The van der Waals surface area contributed by atoms with Crippen LogP contribution in [-0.4, -0.2) is 32.9 Å². The molecule has 0 aromatic heterocycles. The lowest BCUT2D eigenvalue weighted by Gasteiger charge is -2.38. The van der Waals surface area contributed by atoms with Crippen molar-refractivity contribution in [2.75, 3.05) is 19.4 Å². The molecule has 0 saturated heterocycles. The first kappa shape index (κ1) is 12.5. The Bertz CT molecular complexity index is 512. The number of aliphatic hydroxyl groups is 1. The van der Waals surface area contributed by atoms with E-state index in [1.807, 2.05) is 19.2 Å². The van der Waals surface area contributed by atoms with Crippen molar-refractivity contribution in [3.05, 3.63) is 29.8 Å². The fourth-order valence-corrected chi connectivity index (χ4v) is 4.24. The molecule has 4 nitrogen and oxygen atoms in total. The molecule has 1 heterocycles. The highest BCUT2D eigenvalue weighted by molar-refractivity contribution is 7.91. The summed E-state index contributed by atoms with van der Waals surface area (Å²) in [4.78, 5) is 0.397. The molecule has 0 amide bonds. The molecule has 5 heteroatoms. The summed E-state index contributed by atoms with van der Waals surface area (Å²) >= 11 is 0. The molecule has 1 aliphatic rings. The molecule has 1 atom stereocenters. The van der Waals surface area contributed by atoms with Crippen LogP contribution in [0.5, 0.6) is 0 Å². The maximum atomic E-state index is 12.0. The van der Waals surface area contributed by atoms with Crippen LogP contribution in [0.15, 0.2) is 29.2 Å². The van der Waals surface area contributed by atoms with Gasteiger partial charge in [0.05, 0.1) is 10.6 Å². The van der Waals surface area contributed by atoms with Crippen LogP contribution in [0.4, 0.5) is 0 Å². The SMILES string of the molecule is CNC1(CCO)CCS(=O)(=O)c2ccccc21. The van der Waals surface area contributed by atoms with E-state index in [0.717, 1.165) is 5.56 Å². The first-order valence-corrected chi connectivity index (χ1v) is 7.33. The topological polar surface area (TPSA) is 66.4 Å². The standard InChI is InChI=1S/C12H17NO3S/c1-13-12(6-8-14)7-9-17(15,16)11-5-3-2-4-10(11)12/h2-5,13-14H,6-9H2,1H3. The lowest BCUT2D eigenvalue weighted by molar-refractivity contribution is 0.208. The Kier molecular flexibility index (Phi) is 3.25. The number of rotatable bonds is 3. The van der Waals surface area contributed by atoms with E-state index in [1.165, 1.54) is 0 Å². The summed E-state index contributed by atoms with van der Waals surface area (Å²) in [6, 6.07) is 7.05. The van der Waals surface area contributed by atoms with Gasteiger partial charge < -0.3 is 10.4 Å². The third kappa shape index (κ3) is 1.99. The van der Waals surface area contributed by atoms with Crippen LogP contribution in [0.3, 0.4) is 0 Å². The maximum Gasteiger partial charge on any atom is 0.178 e. The first-order valence-electron chi connectivity index (χ1n) is 5.68. The minimum atomic E-state index is -3.16. The molecule has 0 bridgehead atoms. The first-order chi connectivity index (χ1) is 8.06. The molecule has 0 saturated carbocycles. The van der Waals surface area contributed by atoms with Crippen molar-refractivity contribution in [3.8, 4) is 0 Å². The van der Waals surface area contributed by atoms with Gasteiger partial charge in [-0.1, -0.05) is 18.2 Å². The van der Waals surface area contributed by atoms with Gasteiger partial charge in [-0.2, -0.15) is 0 Å². The lowest BCUT2D eigenvalue weighted by Crippen LogP contribution is -2.46. The molecule has 0 spiro atoms. The van der Waals surface area contributed by atoms with Crippen LogP contribution < -0.4 is 5.32 Å². The molecule has 1 aromatic rings. The summed E-state index contributed by atoms with van der Waals surface area (Å²) in [7, 11) is -1.35. The second-order valence-electron chi connectivity index (χ2n) is 4.37. The van der Waals surface area contributed by atoms with Gasteiger partial charge in [0.15, 0.2) is 9.84 Å². The van der Waals surface area contributed by atoms with Gasteiger partial charge in [-0.3, -0.25) is 0 Å². The van der Waals surface area contributed by atoms with Crippen molar-refractivity contribution < 1.29 is 13.5 Å². The Morgan fingerprint density at radius 2 is 2.12 bits per heavy atom. The van der Waals surface area contributed by atoms with Gasteiger partial charge in [0.25, 0.3) is 0 Å². The summed E-state index contributed by atoms with van der Waals surface area (Å²) in [5, 5.41) is 12.4. The normalized spacial score (nSPS) is 26.5. The molecule has 2 rings (SSSR count). The van der Waals surface area contributed by atoms with Gasteiger partial charge in [-0.05, 0) is 31.5 Å². The molecule has 0 fully saturated rings. The quantitative estimate of drug-likeness (QED) is 0.833. The van der Waals surface area contributed by atoms with Crippen LogP contribution in [0.2, 0.25) is 0 Å². The van der Waals surface area contributed by atoms with Gasteiger partial charge in [-0.25, -0.2) is 8.42 Å². The number of hydrogen-bond donors (Lipinski definition) is 2. The number of fused-ring (bicyclic) bond motifs is 1. The summed E-state index contributed by atoms with van der Waals surface area (Å²) in [5.41, 5.74) is 0.360. The zero-order valence-electron chi connectivity index (χ0n) is 9.81. The van der Waals surface area contributed by atoms with Crippen molar-refractivity contribution in [2.24, 2.45) is 0 Å². The van der Waals surface area contributed by atoms with Gasteiger partial charge in [0.2, 0.25) is 0 Å². The molecular formula is C12H17NO3S. The van der Waals surface area contributed by atoms with Crippen LogP contribution >= 0.6 is 0 Å². The third-order valence-electron chi connectivity index (χ3n) is 3.55. The van der Waals surface area contributed by atoms with Crippen LogP contribution in [0, 0.1) is 0 Å². The Balaban J connectivity index is 2.62. The van der Waals surface area contributed by atoms with Crippen LogP contribution in [0.1, 0.15) is 18.4 Å². The number of benzene rings is 1. The molecule has 94 valence electrons. The molecule has 1 aliphatic heterocycles. The average molecular weight is 255 g/mol. The fourth-order valence-electron chi connectivity index (χ4n) is 2.52. The number of nitrogens with one attached hydrogen (secondary N) is 1. The average Bonchev–Trinajstić information content (AvgIpc) is 2.34. The van der Waals surface area contributed by atoms with E-state index in [2.05, 4.69) is 5.32 Å². The van der Waals surface area contributed by atoms with E-state index in [0.29, 0.717) is 17.7 Å². The maximum absolute atomic E-state index is 12.0. The molecule has 1 unspecified atom stereocenters. The Labute approximate surface area is 102 Å². The van der Waals surface area contributed by atoms with Gasteiger partial charge in [0.1, 0.15) is 0 Å². The van der Waals surface area contributed by atoms with Crippen LogP contribution in [0.25, 0.3) is 0 Å². The van der Waals surface area contributed by atoms with Crippen molar-refractivity contribution in [2.45, 2.75) is 23.3 Å². The predicted octanol–water partition coefficient (Wildman–Crippen LogP) is 0.661. The highest BCUT2D eigenvalue weighted by Crippen LogP contribution is 2.38. The predicted molar refractivity (Wildman–Crippen MR) is 65.6 cm³/mol. The monoisotopic (exact) mass is 255 g/mol. The smallest absolute Gasteiger partial charge is 0.178 e. The molecule has 17 heavy (non-hydrogen) atoms. The third-order valence-corrected chi connectivity index (χ3v) is 5.32. The van der Waals surface area contributed by atoms with E-state index < -0.39 is 15.4 Å². The van der Waals surface area contributed by atoms with E-state index in [1.54, 1.807) is 12.1 Å². The van der Waals surface area contributed by atoms with Gasteiger partial charge in [0, 0.05) is 12.1 Å². The highest BCUT2D eigenvalue weighted by Gasteiger charge is 2.40. The molecule has 1 aromatic carbocycles. The Hall–Kier alpha value is -0.910. The van der Waals surface area contributed by atoms with Crippen LogP contribution in [-0.2, 0) is 15.4 Å². The van der Waals surface area contributed by atoms with Crippen molar-refractivity contribution in [1.29, 1.82) is 0 Å². The number of hydrogen-bond acceptors (Lipinski definition) is 4. The molecule has 0 radical (unpaired) electrons. The summed E-state index contributed by atoms with van der Waals surface area (Å²) < 4.78 is 24.0. The van der Waals surface area contributed by atoms with Crippen molar-refractivity contribution in [3.63, 3.8) is 0 Å². The second-order valence-corrected chi connectivity index (χ2v) is 6.45. The van der Waals surface area contributed by atoms with Crippen molar-refractivity contribution >= 4 is 9.84 Å². The summed E-state index contributed by atoms with van der Waals surface area (Å²) in [5.74, 6) is 0.130. The molecule has 2 N–H and O–H groups in total. The van der Waals surface area contributed by atoms with Crippen molar-refractivity contribution in [1.82, 2.24) is 5.32 Å². The Morgan fingerprint density at radius 1 is 1.41 bits per heavy atom. The summed E-state index contributed by atoms with van der Waals surface area (Å²) in [6.07, 6.45) is 1.03. The number of sulfone groups is 1. The van der Waals surface area contributed by atoms with Gasteiger partial charge >= 0.3 is 0 Å². The minimum absolute atomic E-state index is 0.0369. The zero-order valence-corrected chi connectivity index (χ0v) is 10.6. The fraction of sp³-hybridized carbons (Fsp3) is 0.500. The van der Waals surface area contributed by atoms with E-state index >= 15 is 0 Å². The molecule has 0 aliphatic carbocycles.